The summed E-state index contributed by atoms with van der Waals surface area (Å²) in [7, 11) is 4.23. The van der Waals surface area contributed by atoms with Crippen molar-refractivity contribution in [3.63, 3.8) is 0 Å². The number of hydrogen-bond acceptors (Lipinski definition) is 2. The Bertz CT molecular complexity index is 973. The smallest absolute Gasteiger partial charge is 0.286 e. The summed E-state index contributed by atoms with van der Waals surface area (Å²) in [5.74, 6) is 0. The van der Waals surface area contributed by atoms with Crippen LogP contribution < -0.4 is 9.47 Å². The quantitative estimate of drug-likeness (QED) is 0.620. The molecule has 126 valence electrons. The van der Waals surface area contributed by atoms with E-state index in [9.17, 15) is 0 Å². The van der Waals surface area contributed by atoms with Gasteiger partial charge in [-0.3, -0.25) is 0 Å². The molecule has 4 rings (SSSR count). The van der Waals surface area contributed by atoms with Gasteiger partial charge in [-0.25, -0.2) is 4.57 Å². The maximum Gasteiger partial charge on any atom is 0.286 e. The average Bonchev–Trinajstić information content (AvgIpc) is 2.61. The minimum atomic E-state index is -0.0734. The number of rotatable bonds is 1. The van der Waals surface area contributed by atoms with E-state index in [1.807, 2.05) is 12.5 Å². The lowest BCUT2D eigenvalue weighted by Gasteiger charge is -2.41. The van der Waals surface area contributed by atoms with Crippen LogP contribution in [-0.4, -0.2) is 12.0 Å². The predicted molar refractivity (Wildman–Crippen MR) is 102 cm³/mol. The molecule has 0 bridgehead atoms. The highest BCUT2D eigenvalue weighted by Gasteiger charge is 2.38. The topological polar surface area (TPSA) is 20.0 Å². The van der Waals surface area contributed by atoms with Gasteiger partial charge in [0.25, 0.3) is 6.33 Å². The van der Waals surface area contributed by atoms with Crippen molar-refractivity contribution in [2.45, 2.75) is 26.2 Å². The van der Waals surface area contributed by atoms with Crippen LogP contribution >= 0.6 is 0 Å². The number of aromatic nitrogens is 2. The van der Waals surface area contributed by atoms with Gasteiger partial charge in [-0.05, 0) is 35.7 Å². The zero-order valence-corrected chi connectivity index (χ0v) is 15.5. The van der Waals surface area contributed by atoms with Crippen molar-refractivity contribution in [3.05, 3.63) is 71.7 Å². The molecular weight excluding hydrogens is 306 g/mol. The molecule has 3 aromatic rings. The third kappa shape index (κ3) is 2.19. The van der Waals surface area contributed by atoms with Crippen molar-refractivity contribution < 1.29 is 4.57 Å². The molecule has 0 unspecified atom stereocenters. The van der Waals surface area contributed by atoms with E-state index in [0.29, 0.717) is 0 Å². The Hall–Kier alpha value is -2.68. The molecule has 3 heteroatoms. The summed E-state index contributed by atoms with van der Waals surface area (Å²) in [6.45, 7) is 6.87. The molecule has 2 heterocycles. The number of hydrogen-bond donors (Lipinski definition) is 0. The Balaban J connectivity index is 2.10. The summed E-state index contributed by atoms with van der Waals surface area (Å²) < 4.78 is 2.11. The fraction of sp³-hybridized carbons (Fsp3) is 0.273. The molecule has 2 aromatic carbocycles. The van der Waals surface area contributed by atoms with Crippen molar-refractivity contribution in [2.75, 3.05) is 11.9 Å². The molecule has 0 atom stereocenters. The van der Waals surface area contributed by atoms with E-state index in [0.717, 1.165) is 0 Å². The molecule has 0 fully saturated rings. The van der Waals surface area contributed by atoms with Gasteiger partial charge in [0.1, 0.15) is 11.9 Å². The first kappa shape index (κ1) is 15.8. The number of fused-ring (bicyclic) bond motifs is 2. The van der Waals surface area contributed by atoms with Gasteiger partial charge < -0.3 is 4.90 Å². The lowest BCUT2D eigenvalue weighted by atomic mass is 9.70. The first-order valence-corrected chi connectivity index (χ1v) is 8.70. The van der Waals surface area contributed by atoms with Crippen LogP contribution in [0.1, 0.15) is 30.5 Å². The first-order chi connectivity index (χ1) is 11.9. The highest BCUT2D eigenvalue weighted by Crippen LogP contribution is 2.51. The Kier molecular flexibility index (Phi) is 3.43. The standard InChI is InChI=1S/C22H24N3/c1-15-10-11-19-21(20(15)18-12-13-23-14-24(18)4)22(2,3)16-8-6-7-9-17(16)25(19)5/h6-14H,1-5H3/q+1. The largest absolute Gasteiger partial charge is 0.344 e. The van der Waals surface area contributed by atoms with E-state index in [1.165, 1.54) is 39.3 Å². The molecular formula is C22H24N3+. The number of para-hydroxylation sites is 1. The maximum absolute atomic E-state index is 4.25. The Morgan fingerprint density at radius 2 is 1.76 bits per heavy atom. The number of benzene rings is 2. The normalized spacial score (nSPS) is 14.8. The fourth-order valence-electron chi connectivity index (χ4n) is 4.19. The van der Waals surface area contributed by atoms with Crippen LogP contribution in [0.2, 0.25) is 0 Å². The highest BCUT2D eigenvalue weighted by atomic mass is 15.1. The number of aryl methyl sites for hydroxylation is 2. The van der Waals surface area contributed by atoms with Gasteiger partial charge in [-0.15, -0.1) is 0 Å². The average molecular weight is 330 g/mol. The van der Waals surface area contributed by atoms with Crippen molar-refractivity contribution in [3.8, 4) is 11.3 Å². The molecule has 1 aromatic heterocycles. The van der Waals surface area contributed by atoms with Crippen LogP contribution in [-0.2, 0) is 12.5 Å². The molecule has 0 N–H and O–H groups in total. The molecule has 0 aliphatic carbocycles. The summed E-state index contributed by atoms with van der Waals surface area (Å²) >= 11 is 0. The lowest BCUT2D eigenvalue weighted by molar-refractivity contribution is -0.663. The van der Waals surface area contributed by atoms with E-state index < -0.39 is 0 Å². The molecule has 1 aliphatic rings. The van der Waals surface area contributed by atoms with E-state index in [-0.39, 0.29) is 5.41 Å². The van der Waals surface area contributed by atoms with Crippen LogP contribution in [0.25, 0.3) is 11.3 Å². The van der Waals surface area contributed by atoms with Crippen LogP contribution in [0.4, 0.5) is 11.4 Å². The van der Waals surface area contributed by atoms with Gasteiger partial charge in [-0.2, -0.15) is 0 Å². The lowest BCUT2D eigenvalue weighted by Crippen LogP contribution is -2.35. The SMILES string of the molecule is Cc1ccc2c(c1-c1ccnc[n+]1C)C(C)(C)c1ccccc1N2C. The second kappa shape index (κ2) is 5.41. The van der Waals surface area contributed by atoms with Crippen molar-refractivity contribution >= 4 is 11.4 Å². The summed E-state index contributed by atoms with van der Waals surface area (Å²) in [6, 6.07) is 15.3. The van der Waals surface area contributed by atoms with Crippen LogP contribution in [0, 0.1) is 6.92 Å². The van der Waals surface area contributed by atoms with Gasteiger partial charge in [0.05, 0.1) is 7.05 Å². The van der Waals surface area contributed by atoms with Gasteiger partial charge in [0.2, 0.25) is 0 Å². The second-order valence-corrected chi connectivity index (χ2v) is 7.43. The van der Waals surface area contributed by atoms with Crippen molar-refractivity contribution in [2.24, 2.45) is 7.05 Å². The minimum Gasteiger partial charge on any atom is -0.344 e. The summed E-state index contributed by atoms with van der Waals surface area (Å²) in [4.78, 5) is 6.57. The van der Waals surface area contributed by atoms with Crippen LogP contribution in [0.15, 0.2) is 55.0 Å². The molecule has 3 nitrogen and oxygen atoms in total. The Morgan fingerprint density at radius 1 is 1.00 bits per heavy atom. The molecule has 0 saturated heterocycles. The van der Waals surface area contributed by atoms with Crippen LogP contribution in [0.3, 0.4) is 0 Å². The number of nitrogens with zero attached hydrogens (tertiary/aromatic N) is 3. The van der Waals surface area contributed by atoms with Gasteiger partial charge in [0, 0.05) is 35.5 Å². The number of anilines is 2. The second-order valence-electron chi connectivity index (χ2n) is 7.43. The Morgan fingerprint density at radius 3 is 2.52 bits per heavy atom. The van der Waals surface area contributed by atoms with Crippen molar-refractivity contribution in [1.82, 2.24) is 4.98 Å². The van der Waals surface area contributed by atoms with E-state index in [1.54, 1.807) is 0 Å². The molecule has 0 radical (unpaired) electrons. The van der Waals surface area contributed by atoms with Gasteiger partial charge in [0.15, 0.2) is 0 Å². The van der Waals surface area contributed by atoms with E-state index >= 15 is 0 Å². The Labute approximate surface area is 149 Å². The summed E-state index contributed by atoms with van der Waals surface area (Å²) in [5.41, 5.74) is 9.05. The fourth-order valence-corrected chi connectivity index (χ4v) is 4.19. The molecule has 25 heavy (non-hydrogen) atoms. The molecule has 0 spiro atoms. The zero-order valence-electron chi connectivity index (χ0n) is 15.5. The molecule has 1 aliphatic heterocycles. The third-order valence-corrected chi connectivity index (χ3v) is 5.51. The monoisotopic (exact) mass is 330 g/mol. The maximum atomic E-state index is 4.25. The zero-order chi connectivity index (χ0) is 17.8. The van der Waals surface area contributed by atoms with Crippen LogP contribution in [0.5, 0.6) is 0 Å². The minimum absolute atomic E-state index is 0.0734. The molecule has 0 saturated carbocycles. The van der Waals surface area contributed by atoms with Gasteiger partial charge in [-0.1, -0.05) is 43.1 Å². The summed E-state index contributed by atoms with van der Waals surface area (Å²) in [5, 5.41) is 0. The summed E-state index contributed by atoms with van der Waals surface area (Å²) in [6.07, 6.45) is 3.75. The third-order valence-electron chi connectivity index (χ3n) is 5.51. The molecule has 0 amide bonds. The first-order valence-electron chi connectivity index (χ1n) is 8.70. The van der Waals surface area contributed by atoms with E-state index in [4.69, 9.17) is 0 Å². The predicted octanol–water partition coefficient (Wildman–Crippen LogP) is 4.29. The van der Waals surface area contributed by atoms with Crippen molar-refractivity contribution in [1.29, 1.82) is 0 Å². The van der Waals surface area contributed by atoms with Gasteiger partial charge >= 0.3 is 0 Å². The highest BCUT2D eigenvalue weighted by molar-refractivity contribution is 5.85. The van der Waals surface area contributed by atoms with E-state index in [2.05, 4.69) is 91.8 Å².